The summed E-state index contributed by atoms with van der Waals surface area (Å²) in [5, 5.41) is 14.4. The van der Waals surface area contributed by atoms with Gasteiger partial charge >= 0.3 is 172 Å². The maximum absolute atomic E-state index is 12.6. The minimum atomic E-state index is -1.08. The van der Waals surface area contributed by atoms with E-state index in [1.807, 2.05) is 12.1 Å². The Bertz CT molecular complexity index is 844. The summed E-state index contributed by atoms with van der Waals surface area (Å²) in [6.07, 6.45) is 0. The van der Waals surface area contributed by atoms with Crippen molar-refractivity contribution < 1.29 is 24.2 Å². The Morgan fingerprint density at radius 2 is 1.82 bits per heavy atom. The van der Waals surface area contributed by atoms with Crippen LogP contribution >= 0.6 is 10.2 Å². The maximum atomic E-state index is 12.6. The third-order valence-corrected chi connectivity index (χ3v) is 7.78. The van der Waals surface area contributed by atoms with E-state index in [2.05, 4.69) is 10.6 Å². The fraction of sp³-hybridized carbons (Fsp3) is 0.211. The summed E-state index contributed by atoms with van der Waals surface area (Å²) in [6.45, 7) is 1.28. The van der Waals surface area contributed by atoms with E-state index in [-0.39, 0.29) is 31.4 Å². The van der Waals surface area contributed by atoms with Crippen LogP contribution < -0.4 is 19.8 Å². The molecule has 2 aromatic rings. The molecule has 0 radical (unpaired) electrons. The summed E-state index contributed by atoms with van der Waals surface area (Å²) in [7, 11) is 2.97. The molecule has 2 amide bonds. The molecule has 0 fully saturated rings. The molecule has 0 aromatic heterocycles. The Morgan fingerprint density at radius 3 is 2.43 bits per heavy atom. The number of aliphatic carboxylic acids is 1. The van der Waals surface area contributed by atoms with Gasteiger partial charge in [-0.2, -0.15) is 0 Å². The molecule has 0 spiro atoms. The molecule has 0 aliphatic heterocycles. The van der Waals surface area contributed by atoms with E-state index in [0.29, 0.717) is 17.0 Å². The van der Waals surface area contributed by atoms with Gasteiger partial charge in [0.1, 0.15) is 0 Å². The van der Waals surface area contributed by atoms with Crippen LogP contribution in [-0.4, -0.2) is 55.6 Å². The van der Waals surface area contributed by atoms with Crippen molar-refractivity contribution in [3.63, 3.8) is 0 Å². The van der Waals surface area contributed by atoms with E-state index in [1.54, 1.807) is 43.5 Å². The second-order valence-corrected chi connectivity index (χ2v) is 9.83. The zero-order valence-electron chi connectivity index (χ0n) is 15.3. The quantitative estimate of drug-likeness (QED) is 0.483. The molecular weight excluding hydrogens is 447 g/mol. The summed E-state index contributed by atoms with van der Waals surface area (Å²) >= 11 is -0.194. The Balaban J connectivity index is 2.01. The number of rotatable bonds is 9. The average Bonchev–Trinajstić information content (AvgIpc) is 2.67. The van der Waals surface area contributed by atoms with Crippen molar-refractivity contribution in [2.75, 3.05) is 18.2 Å². The molecule has 0 saturated heterocycles. The van der Waals surface area contributed by atoms with Crippen LogP contribution in [0.25, 0.3) is 0 Å². The van der Waals surface area contributed by atoms with Gasteiger partial charge in [0.2, 0.25) is 0 Å². The number of methoxy groups -OCH3 is 1. The zero-order valence-corrected chi connectivity index (χ0v) is 17.8. The van der Waals surface area contributed by atoms with Gasteiger partial charge in [-0.25, -0.2) is 0 Å². The van der Waals surface area contributed by atoms with Crippen LogP contribution in [0.2, 0.25) is 0 Å². The molecule has 0 heterocycles. The first-order valence-electron chi connectivity index (χ1n) is 8.24. The third kappa shape index (κ3) is 6.60. The molecule has 9 heteroatoms. The monoisotopic (exact) mass is 468 g/mol. The summed E-state index contributed by atoms with van der Waals surface area (Å²) in [5.74, 6) is -0.780. The van der Waals surface area contributed by atoms with Crippen LogP contribution in [-0.2, 0) is 9.59 Å². The topological polar surface area (TPSA) is 105 Å². The molecule has 7 nitrogen and oxygen atoms in total. The van der Waals surface area contributed by atoms with Crippen molar-refractivity contribution in [2.24, 2.45) is 0 Å². The van der Waals surface area contributed by atoms with Gasteiger partial charge < -0.3 is 0 Å². The number of hydrogen-bond acceptors (Lipinski definition) is 5. The molecule has 0 aliphatic rings. The van der Waals surface area contributed by atoms with Gasteiger partial charge in [-0.05, 0) is 0 Å². The van der Waals surface area contributed by atoms with Crippen LogP contribution in [0, 0.1) is 0 Å². The number of carbonyl (C=O) groups is 3. The van der Waals surface area contributed by atoms with Crippen LogP contribution in [0.3, 0.4) is 0 Å². The molecule has 0 saturated carbocycles. The van der Waals surface area contributed by atoms with E-state index >= 15 is 0 Å². The molecule has 2 aromatic carbocycles. The van der Waals surface area contributed by atoms with E-state index in [4.69, 9.17) is 9.84 Å². The molecular formula is C19H20N2O5SSe. The number of hydrogen-bond donors (Lipinski definition) is 3. The zero-order chi connectivity index (χ0) is 20.5. The molecule has 148 valence electrons. The molecule has 0 bridgehead atoms. The Morgan fingerprint density at radius 1 is 1.14 bits per heavy atom. The molecule has 2 rings (SSSR count). The second kappa shape index (κ2) is 10.8. The number of nitrogens with one attached hydrogen (secondary N) is 2. The van der Waals surface area contributed by atoms with Gasteiger partial charge in [0.15, 0.2) is 0 Å². The van der Waals surface area contributed by atoms with Crippen molar-refractivity contribution in [3.05, 3.63) is 54.1 Å². The first kappa shape index (κ1) is 21.8. The molecule has 28 heavy (non-hydrogen) atoms. The van der Waals surface area contributed by atoms with Gasteiger partial charge in [-0.3, -0.25) is 0 Å². The number of carboxylic acid groups (broad SMARTS) is 1. The predicted octanol–water partition coefficient (Wildman–Crippen LogP) is 1.51. The normalized spacial score (nSPS) is 11.4. The first-order valence-corrected chi connectivity index (χ1v) is 12.1. The molecule has 3 N–H and O–H groups in total. The SMILES string of the molecule is COc1ccc(NC(=O)c2ccccc2[Se]SC[C@H](NC(C)=O)C(=O)O)cc1. The fourth-order valence-corrected chi connectivity index (χ4v) is 6.39. The Hall–Kier alpha value is -2.48. The van der Waals surface area contributed by atoms with Gasteiger partial charge in [0.25, 0.3) is 0 Å². The summed E-state index contributed by atoms with van der Waals surface area (Å²) in [5.41, 5.74) is 1.19. The number of carboxylic acids is 1. The first-order chi connectivity index (χ1) is 13.4. The number of ether oxygens (including phenoxy) is 1. The van der Waals surface area contributed by atoms with Crippen LogP contribution in [0.15, 0.2) is 48.5 Å². The number of carbonyl (C=O) groups excluding carboxylic acids is 2. The summed E-state index contributed by atoms with van der Waals surface area (Å²) in [4.78, 5) is 35.0. The van der Waals surface area contributed by atoms with Crippen molar-refractivity contribution in [1.82, 2.24) is 5.32 Å². The van der Waals surface area contributed by atoms with E-state index in [0.717, 1.165) is 4.46 Å². The fourth-order valence-electron chi connectivity index (χ4n) is 2.19. The van der Waals surface area contributed by atoms with Crippen molar-refractivity contribution in [2.45, 2.75) is 13.0 Å². The van der Waals surface area contributed by atoms with E-state index in [1.165, 1.54) is 17.1 Å². The molecule has 0 aliphatic carbocycles. The Labute approximate surface area is 172 Å². The molecule has 0 unspecified atom stereocenters. The van der Waals surface area contributed by atoms with Gasteiger partial charge in [0.05, 0.1) is 0 Å². The standard InChI is InChI=1S/C19H20N2O5SSe/c1-12(22)20-16(19(24)25)11-27-28-17-6-4-3-5-15(17)18(23)21-13-7-9-14(26-2)10-8-13/h3-10,16H,11H2,1-2H3,(H,20,22)(H,21,23)(H,24,25)/t16-/m0/s1. The van der Waals surface area contributed by atoms with Gasteiger partial charge in [-0.15, -0.1) is 0 Å². The van der Waals surface area contributed by atoms with Crippen molar-refractivity contribution in [3.8, 4) is 5.75 Å². The minimum absolute atomic E-state index is 0.194. The summed E-state index contributed by atoms with van der Waals surface area (Å²) in [6, 6.07) is 13.3. The molecule has 1 atom stereocenters. The number of benzene rings is 2. The van der Waals surface area contributed by atoms with E-state index < -0.39 is 12.0 Å². The van der Waals surface area contributed by atoms with Crippen LogP contribution in [0.4, 0.5) is 5.69 Å². The third-order valence-electron chi connectivity index (χ3n) is 3.54. The Kier molecular flexibility index (Phi) is 8.38. The van der Waals surface area contributed by atoms with Gasteiger partial charge in [0, 0.05) is 0 Å². The van der Waals surface area contributed by atoms with Crippen LogP contribution in [0.5, 0.6) is 5.75 Å². The number of amides is 2. The second-order valence-electron chi connectivity index (χ2n) is 5.64. The van der Waals surface area contributed by atoms with Crippen molar-refractivity contribution in [1.29, 1.82) is 0 Å². The number of anilines is 1. The average molecular weight is 467 g/mol. The van der Waals surface area contributed by atoms with Crippen molar-refractivity contribution >= 4 is 51.9 Å². The summed E-state index contributed by atoms with van der Waals surface area (Å²) < 4.78 is 5.95. The van der Waals surface area contributed by atoms with Gasteiger partial charge in [-0.1, -0.05) is 0 Å². The van der Waals surface area contributed by atoms with E-state index in [9.17, 15) is 14.4 Å². The van der Waals surface area contributed by atoms with Crippen LogP contribution in [0.1, 0.15) is 17.3 Å². The predicted molar refractivity (Wildman–Crippen MR) is 110 cm³/mol.